The van der Waals surface area contributed by atoms with E-state index in [1.54, 1.807) is 5.57 Å². The van der Waals surface area contributed by atoms with Crippen molar-refractivity contribution >= 4 is 16.8 Å². The Morgan fingerprint density at radius 3 is 2.97 bits per heavy atom. The number of likely N-dealkylation sites (tertiary alicyclic amines) is 1. The summed E-state index contributed by atoms with van der Waals surface area (Å²) in [6.45, 7) is 3.44. The van der Waals surface area contributed by atoms with E-state index in [4.69, 9.17) is 0 Å². The minimum atomic E-state index is 0.382. The van der Waals surface area contributed by atoms with E-state index in [1.807, 2.05) is 0 Å². The van der Waals surface area contributed by atoms with Crippen LogP contribution >= 0.6 is 0 Å². The average Bonchev–Trinajstić information content (AvgIpc) is 3.14. The van der Waals surface area contributed by atoms with Gasteiger partial charge in [-0.15, -0.1) is 0 Å². The number of fused-ring (bicyclic) bond motifs is 7. The van der Waals surface area contributed by atoms with Crippen molar-refractivity contribution in [1.82, 2.24) is 14.4 Å². The molecule has 0 spiro atoms. The molecule has 1 aromatic heterocycles. The molecule has 3 saturated heterocycles. The molecule has 0 radical (unpaired) electrons. The Morgan fingerprint density at radius 2 is 2.03 bits per heavy atom. The molecule has 4 nitrogen and oxygen atoms in total. The normalized spacial score (nSPS) is 30.0. The Morgan fingerprint density at radius 1 is 1.12 bits per heavy atom. The highest BCUT2D eigenvalue weighted by atomic mass is 16.2. The summed E-state index contributed by atoms with van der Waals surface area (Å²) in [7, 11) is 2.12. The van der Waals surface area contributed by atoms with E-state index in [9.17, 15) is 4.79 Å². The van der Waals surface area contributed by atoms with Gasteiger partial charge in [-0.05, 0) is 75.0 Å². The van der Waals surface area contributed by atoms with E-state index in [2.05, 4.69) is 58.0 Å². The highest BCUT2D eigenvalue weighted by Gasteiger charge is 2.46. The second-order valence-electron chi connectivity index (χ2n) is 10.7. The van der Waals surface area contributed by atoms with E-state index < -0.39 is 0 Å². The molecule has 0 N–H and O–H groups in total. The Hall–Kier alpha value is -2.07. The molecule has 2 bridgehead atoms. The highest BCUT2D eigenvalue weighted by Crippen LogP contribution is 2.45. The van der Waals surface area contributed by atoms with E-state index in [0.29, 0.717) is 24.3 Å². The summed E-state index contributed by atoms with van der Waals surface area (Å²) >= 11 is 0. The van der Waals surface area contributed by atoms with Crippen LogP contribution in [0.2, 0.25) is 0 Å². The van der Waals surface area contributed by atoms with Crippen LogP contribution in [0.15, 0.2) is 42.1 Å². The van der Waals surface area contributed by atoms with Gasteiger partial charge in [0.2, 0.25) is 5.91 Å². The lowest BCUT2D eigenvalue weighted by Crippen LogP contribution is -2.60. The number of aryl methyl sites for hydroxylation is 2. The van der Waals surface area contributed by atoms with Gasteiger partial charge in [0.25, 0.3) is 0 Å². The molecule has 0 saturated carbocycles. The van der Waals surface area contributed by atoms with Crippen LogP contribution < -0.4 is 0 Å². The van der Waals surface area contributed by atoms with Gasteiger partial charge in [0.1, 0.15) is 0 Å². The summed E-state index contributed by atoms with van der Waals surface area (Å²) in [6, 6.07) is 9.77. The fourth-order valence-electron chi connectivity index (χ4n) is 7.45. The van der Waals surface area contributed by atoms with Gasteiger partial charge in [0, 0.05) is 49.7 Å². The number of rotatable bonds is 4. The molecule has 170 valence electrons. The van der Waals surface area contributed by atoms with Gasteiger partial charge in [0.15, 0.2) is 0 Å². The van der Waals surface area contributed by atoms with Gasteiger partial charge < -0.3 is 9.47 Å². The van der Waals surface area contributed by atoms with Crippen molar-refractivity contribution in [2.45, 2.75) is 69.9 Å². The summed E-state index contributed by atoms with van der Waals surface area (Å²) in [4.78, 5) is 18.5. The quantitative estimate of drug-likeness (QED) is 0.643. The predicted molar refractivity (Wildman–Crippen MR) is 129 cm³/mol. The molecule has 6 rings (SSSR count). The van der Waals surface area contributed by atoms with Crippen LogP contribution in [-0.4, -0.2) is 52.0 Å². The number of amides is 1. The predicted octanol–water partition coefficient (Wildman–Crippen LogP) is 4.92. The van der Waals surface area contributed by atoms with Crippen LogP contribution in [0.5, 0.6) is 0 Å². The number of nitrogens with zero attached hydrogens (tertiary/aromatic N) is 3. The van der Waals surface area contributed by atoms with Gasteiger partial charge >= 0.3 is 0 Å². The van der Waals surface area contributed by atoms with Crippen molar-refractivity contribution < 1.29 is 4.79 Å². The zero-order valence-corrected chi connectivity index (χ0v) is 19.5. The first-order valence-electron chi connectivity index (χ1n) is 13.0. The first-order chi connectivity index (χ1) is 15.7. The van der Waals surface area contributed by atoms with Crippen molar-refractivity contribution in [1.29, 1.82) is 0 Å². The first-order valence-corrected chi connectivity index (χ1v) is 13.0. The van der Waals surface area contributed by atoms with E-state index in [0.717, 1.165) is 37.8 Å². The minimum Gasteiger partial charge on any atom is -0.350 e. The Labute approximate surface area is 192 Å². The SMILES string of the molecule is Cn1cc(CCCC(=O)N2CCCC3=CC4CC(CN5CCCCC45)C32)c2ccccc21. The number of piperidine rings is 3. The van der Waals surface area contributed by atoms with Crippen molar-refractivity contribution in [3.05, 3.63) is 47.7 Å². The number of aromatic nitrogens is 1. The molecule has 3 fully saturated rings. The summed E-state index contributed by atoms with van der Waals surface area (Å²) in [6.07, 6.45) is 15.3. The third-order valence-corrected chi connectivity index (χ3v) is 8.79. The number of carbonyl (C=O) groups excluding carboxylic acids is 1. The maximum atomic E-state index is 13.4. The van der Waals surface area contributed by atoms with Crippen molar-refractivity contribution in [2.24, 2.45) is 18.9 Å². The maximum Gasteiger partial charge on any atom is 0.223 e. The number of para-hydroxylation sites is 1. The van der Waals surface area contributed by atoms with Crippen LogP contribution in [0.4, 0.5) is 0 Å². The molecule has 1 aliphatic carbocycles. The lowest BCUT2D eigenvalue weighted by atomic mass is 9.68. The maximum absolute atomic E-state index is 13.4. The lowest BCUT2D eigenvalue weighted by Gasteiger charge is -2.54. The summed E-state index contributed by atoms with van der Waals surface area (Å²) in [5.41, 5.74) is 4.26. The third kappa shape index (κ3) is 3.51. The largest absolute Gasteiger partial charge is 0.350 e. The van der Waals surface area contributed by atoms with Gasteiger partial charge in [-0.1, -0.05) is 36.3 Å². The molecule has 3 aliphatic heterocycles. The molecular formula is C28H37N3O. The van der Waals surface area contributed by atoms with Gasteiger partial charge in [-0.25, -0.2) is 0 Å². The molecule has 32 heavy (non-hydrogen) atoms. The van der Waals surface area contributed by atoms with Gasteiger partial charge in [0.05, 0.1) is 6.04 Å². The standard InChI is InChI=1S/C28H37N3O/c1-29-18-21(24-10-2-3-12-26(24)29)8-6-13-27(32)31-15-7-9-20-16-22-17-23(28(20)31)19-30-14-5-4-11-25(22)30/h2-3,10,12,16,18,22-23,25,28H,4-9,11,13-15,17,19H2,1H3. The topological polar surface area (TPSA) is 28.5 Å². The van der Waals surface area contributed by atoms with Crippen LogP contribution in [0.1, 0.15) is 56.9 Å². The molecule has 4 unspecified atom stereocenters. The molecule has 4 heterocycles. The monoisotopic (exact) mass is 431 g/mol. The third-order valence-electron chi connectivity index (χ3n) is 8.79. The second kappa shape index (κ2) is 8.37. The summed E-state index contributed by atoms with van der Waals surface area (Å²) in [5.74, 6) is 1.78. The fraction of sp³-hybridized carbons (Fsp3) is 0.607. The number of benzene rings is 1. The highest BCUT2D eigenvalue weighted by molar-refractivity contribution is 5.84. The molecule has 4 atom stereocenters. The molecule has 1 aromatic carbocycles. The van der Waals surface area contributed by atoms with E-state index in [-0.39, 0.29) is 0 Å². The Balaban J connectivity index is 1.14. The summed E-state index contributed by atoms with van der Waals surface area (Å²) < 4.78 is 2.21. The van der Waals surface area contributed by atoms with Gasteiger partial charge in [-0.3, -0.25) is 9.69 Å². The minimum absolute atomic E-state index is 0.382. The lowest BCUT2D eigenvalue weighted by molar-refractivity contribution is -0.136. The van der Waals surface area contributed by atoms with Crippen LogP contribution in [0, 0.1) is 11.8 Å². The van der Waals surface area contributed by atoms with Crippen molar-refractivity contribution in [3.8, 4) is 0 Å². The number of carbonyl (C=O) groups is 1. The molecule has 4 aliphatic rings. The van der Waals surface area contributed by atoms with Crippen LogP contribution in [-0.2, 0) is 18.3 Å². The van der Waals surface area contributed by atoms with Crippen molar-refractivity contribution in [2.75, 3.05) is 19.6 Å². The summed E-state index contributed by atoms with van der Waals surface area (Å²) in [5, 5.41) is 1.34. The zero-order valence-electron chi connectivity index (χ0n) is 19.5. The van der Waals surface area contributed by atoms with E-state index in [1.165, 1.54) is 61.7 Å². The van der Waals surface area contributed by atoms with Crippen LogP contribution in [0.25, 0.3) is 10.9 Å². The first kappa shape index (κ1) is 20.5. The Bertz CT molecular complexity index is 1040. The second-order valence-corrected chi connectivity index (χ2v) is 10.7. The van der Waals surface area contributed by atoms with Crippen molar-refractivity contribution in [3.63, 3.8) is 0 Å². The zero-order chi connectivity index (χ0) is 21.7. The fourth-order valence-corrected chi connectivity index (χ4v) is 7.45. The number of hydrogen-bond acceptors (Lipinski definition) is 2. The number of hydrogen-bond donors (Lipinski definition) is 0. The Kier molecular flexibility index (Phi) is 5.37. The smallest absolute Gasteiger partial charge is 0.223 e. The average molecular weight is 432 g/mol. The molecule has 1 amide bonds. The molecule has 4 heteroatoms. The molecule has 2 aromatic rings. The van der Waals surface area contributed by atoms with Crippen LogP contribution in [0.3, 0.4) is 0 Å². The molecular weight excluding hydrogens is 394 g/mol. The van der Waals surface area contributed by atoms with E-state index >= 15 is 0 Å². The van der Waals surface area contributed by atoms with Gasteiger partial charge in [-0.2, -0.15) is 0 Å².